The Kier molecular flexibility index (Phi) is 2.46. The summed E-state index contributed by atoms with van der Waals surface area (Å²) in [5.41, 5.74) is 1.30. The fourth-order valence-electron chi connectivity index (χ4n) is 1.72. The van der Waals surface area contributed by atoms with Gasteiger partial charge in [0.25, 0.3) is 0 Å². The van der Waals surface area contributed by atoms with Crippen LogP contribution in [0, 0.1) is 0 Å². The number of hydrogen-bond donors (Lipinski definition) is 3. The number of halogens is 1. The molecule has 2 aromatic carbocycles. The van der Waals surface area contributed by atoms with Crippen molar-refractivity contribution >= 4 is 22.6 Å². The Bertz CT molecular complexity index is 785. The molecule has 0 aliphatic rings. The molecule has 1 heterocycles. The first-order chi connectivity index (χ1) is 9.06. The Labute approximate surface area is 112 Å². The molecule has 1 aromatic heterocycles. The number of rotatable bonds is 1. The van der Waals surface area contributed by atoms with E-state index in [2.05, 4.69) is 10.2 Å². The fourth-order valence-corrected chi connectivity index (χ4v) is 1.88. The number of aromatic hydroxyl groups is 3. The van der Waals surface area contributed by atoms with E-state index in [1.165, 1.54) is 12.1 Å². The van der Waals surface area contributed by atoms with Crippen LogP contribution in [0.5, 0.6) is 17.2 Å². The average molecular weight is 278 g/mol. The second-order valence-corrected chi connectivity index (χ2v) is 4.36. The maximum absolute atomic E-state index is 9.77. The highest BCUT2D eigenvalue weighted by Gasteiger charge is 2.15. The van der Waals surface area contributed by atoms with Crippen molar-refractivity contribution in [1.29, 1.82) is 0 Å². The first kappa shape index (κ1) is 11.6. The van der Waals surface area contributed by atoms with Gasteiger partial charge in [0.2, 0.25) is 5.75 Å². The minimum atomic E-state index is -0.614. The molecule has 3 rings (SSSR count). The lowest BCUT2D eigenvalue weighted by Crippen LogP contribution is -1.98. The molecular formula is C12H8ClN3O3. The van der Waals surface area contributed by atoms with Crippen molar-refractivity contribution in [3.05, 3.63) is 35.4 Å². The van der Waals surface area contributed by atoms with Crippen LogP contribution in [0.25, 0.3) is 16.7 Å². The van der Waals surface area contributed by atoms with Gasteiger partial charge < -0.3 is 15.3 Å². The monoisotopic (exact) mass is 277 g/mol. The molecule has 0 spiro atoms. The number of aromatic nitrogens is 3. The van der Waals surface area contributed by atoms with Crippen LogP contribution in [0.2, 0.25) is 5.02 Å². The third-order valence-corrected chi connectivity index (χ3v) is 2.90. The second kappa shape index (κ2) is 4.03. The molecule has 6 nitrogen and oxygen atoms in total. The van der Waals surface area contributed by atoms with Crippen molar-refractivity contribution in [3.63, 3.8) is 0 Å². The largest absolute Gasteiger partial charge is 0.504 e. The fraction of sp³-hybridized carbons (Fsp3) is 0. The van der Waals surface area contributed by atoms with Gasteiger partial charge in [-0.15, -0.1) is 15.0 Å². The van der Waals surface area contributed by atoms with E-state index in [1.807, 2.05) is 0 Å². The number of hydrogen-bond acceptors (Lipinski definition) is 5. The number of nitrogens with zero attached hydrogens (tertiary/aromatic N) is 3. The van der Waals surface area contributed by atoms with Gasteiger partial charge in [-0.05, 0) is 30.3 Å². The lowest BCUT2D eigenvalue weighted by Gasteiger charge is -2.05. The van der Waals surface area contributed by atoms with E-state index in [0.29, 0.717) is 16.1 Å². The Morgan fingerprint density at radius 1 is 0.895 bits per heavy atom. The standard InChI is InChI=1S/C12H8ClN3O3/c13-6-1-2-7-8(5-6)15-16(14-7)9-3-4-10(17)12(19)11(9)18/h1-5,17-19H. The zero-order valence-corrected chi connectivity index (χ0v) is 10.2. The van der Waals surface area contributed by atoms with Crippen molar-refractivity contribution in [2.45, 2.75) is 0 Å². The van der Waals surface area contributed by atoms with E-state index < -0.39 is 17.2 Å². The second-order valence-electron chi connectivity index (χ2n) is 3.92. The zero-order chi connectivity index (χ0) is 13.6. The molecule has 0 unspecified atom stereocenters. The summed E-state index contributed by atoms with van der Waals surface area (Å²) in [6.45, 7) is 0. The number of benzene rings is 2. The van der Waals surface area contributed by atoms with Crippen molar-refractivity contribution in [1.82, 2.24) is 15.0 Å². The van der Waals surface area contributed by atoms with E-state index in [1.54, 1.807) is 18.2 Å². The summed E-state index contributed by atoms with van der Waals surface area (Å²) in [6, 6.07) is 7.64. The van der Waals surface area contributed by atoms with E-state index in [9.17, 15) is 15.3 Å². The van der Waals surface area contributed by atoms with Crippen LogP contribution in [-0.4, -0.2) is 30.3 Å². The minimum Gasteiger partial charge on any atom is -0.504 e. The Balaban J connectivity index is 2.22. The summed E-state index contributed by atoms with van der Waals surface area (Å²) in [5, 5.41) is 37.3. The average Bonchev–Trinajstić information content (AvgIpc) is 2.78. The van der Waals surface area contributed by atoms with Crippen LogP contribution in [0.15, 0.2) is 30.3 Å². The van der Waals surface area contributed by atoms with Crippen molar-refractivity contribution < 1.29 is 15.3 Å². The molecule has 0 radical (unpaired) electrons. The summed E-state index contributed by atoms with van der Waals surface area (Å²) in [4.78, 5) is 1.16. The highest BCUT2D eigenvalue weighted by molar-refractivity contribution is 6.31. The van der Waals surface area contributed by atoms with Gasteiger partial charge >= 0.3 is 0 Å². The maximum Gasteiger partial charge on any atom is 0.202 e. The van der Waals surface area contributed by atoms with Crippen molar-refractivity contribution in [2.24, 2.45) is 0 Å². The maximum atomic E-state index is 9.77. The summed E-state index contributed by atoms with van der Waals surface area (Å²) in [7, 11) is 0. The third-order valence-electron chi connectivity index (χ3n) is 2.67. The zero-order valence-electron chi connectivity index (χ0n) is 9.45. The van der Waals surface area contributed by atoms with Crippen LogP contribution in [0.4, 0.5) is 0 Å². The number of fused-ring (bicyclic) bond motifs is 1. The van der Waals surface area contributed by atoms with Crippen molar-refractivity contribution in [2.75, 3.05) is 0 Å². The molecule has 0 fully saturated rings. The Morgan fingerprint density at radius 2 is 1.63 bits per heavy atom. The van der Waals surface area contributed by atoms with Crippen LogP contribution in [0.3, 0.4) is 0 Å². The van der Waals surface area contributed by atoms with Gasteiger partial charge in [-0.25, -0.2) is 0 Å². The molecule has 0 aliphatic heterocycles. The molecule has 7 heteroatoms. The van der Waals surface area contributed by atoms with E-state index >= 15 is 0 Å². The summed E-state index contributed by atoms with van der Waals surface area (Å²) in [6.07, 6.45) is 0. The van der Waals surface area contributed by atoms with Gasteiger partial charge in [0.05, 0.1) is 0 Å². The highest BCUT2D eigenvalue weighted by Crippen LogP contribution is 2.38. The molecule has 0 bridgehead atoms. The first-order valence-electron chi connectivity index (χ1n) is 5.33. The summed E-state index contributed by atoms with van der Waals surface area (Å²) >= 11 is 5.85. The predicted molar refractivity (Wildman–Crippen MR) is 68.9 cm³/mol. The van der Waals surface area contributed by atoms with Crippen LogP contribution < -0.4 is 0 Å². The molecule has 96 valence electrons. The van der Waals surface area contributed by atoms with Gasteiger partial charge in [0.1, 0.15) is 16.7 Å². The predicted octanol–water partition coefficient (Wildman–Crippen LogP) is 2.19. The first-order valence-corrected chi connectivity index (χ1v) is 5.71. The number of phenols is 3. The normalized spacial score (nSPS) is 11.0. The molecule has 19 heavy (non-hydrogen) atoms. The quantitative estimate of drug-likeness (QED) is 0.593. The molecule has 3 aromatic rings. The summed E-state index contributed by atoms with van der Waals surface area (Å²) in [5.74, 6) is -1.52. The molecule has 0 atom stereocenters. The minimum absolute atomic E-state index is 0.155. The van der Waals surface area contributed by atoms with Crippen LogP contribution >= 0.6 is 11.6 Å². The highest BCUT2D eigenvalue weighted by atomic mass is 35.5. The summed E-state index contributed by atoms with van der Waals surface area (Å²) < 4.78 is 0. The molecule has 0 aliphatic carbocycles. The molecule has 0 saturated heterocycles. The lowest BCUT2D eigenvalue weighted by atomic mass is 10.2. The van der Waals surface area contributed by atoms with Gasteiger partial charge in [-0.2, -0.15) is 0 Å². The Morgan fingerprint density at radius 3 is 2.42 bits per heavy atom. The lowest BCUT2D eigenvalue weighted by molar-refractivity contribution is 0.365. The van der Waals surface area contributed by atoms with Crippen LogP contribution in [0.1, 0.15) is 0 Å². The number of phenolic OH excluding ortho intramolecular Hbond substituents is 3. The SMILES string of the molecule is Oc1ccc(-n2nc3ccc(Cl)cc3n2)c(O)c1O. The molecular weight excluding hydrogens is 270 g/mol. The topological polar surface area (TPSA) is 91.4 Å². The smallest absolute Gasteiger partial charge is 0.202 e. The van der Waals surface area contributed by atoms with Gasteiger partial charge in [0, 0.05) is 5.02 Å². The molecule has 0 amide bonds. The Hall–Kier alpha value is -2.47. The van der Waals surface area contributed by atoms with Gasteiger partial charge in [-0.1, -0.05) is 11.6 Å². The molecule has 0 saturated carbocycles. The van der Waals surface area contributed by atoms with E-state index in [4.69, 9.17) is 11.6 Å². The van der Waals surface area contributed by atoms with Crippen LogP contribution in [-0.2, 0) is 0 Å². The van der Waals surface area contributed by atoms with E-state index in [-0.39, 0.29) is 5.69 Å². The van der Waals surface area contributed by atoms with E-state index in [0.717, 1.165) is 4.80 Å². The van der Waals surface area contributed by atoms with Crippen molar-refractivity contribution in [3.8, 4) is 22.9 Å². The third kappa shape index (κ3) is 1.82. The molecule has 3 N–H and O–H groups in total. The van der Waals surface area contributed by atoms with Gasteiger partial charge in [-0.3, -0.25) is 0 Å². The van der Waals surface area contributed by atoms with Gasteiger partial charge in [0.15, 0.2) is 11.5 Å².